The molecule has 1 unspecified atom stereocenters. The first-order chi connectivity index (χ1) is 7.88. The van der Waals surface area contributed by atoms with Gasteiger partial charge in [-0.15, -0.1) is 0 Å². The van der Waals surface area contributed by atoms with E-state index in [9.17, 15) is 0 Å². The molecule has 3 heteroatoms. The van der Waals surface area contributed by atoms with E-state index in [1.54, 1.807) is 11.3 Å². The van der Waals surface area contributed by atoms with Gasteiger partial charge in [0.15, 0.2) is 0 Å². The van der Waals surface area contributed by atoms with Crippen LogP contribution < -0.4 is 11.3 Å². The zero-order chi connectivity index (χ0) is 11.2. The Balaban J connectivity index is 1.80. The number of hydrogen-bond donors (Lipinski definition) is 2. The van der Waals surface area contributed by atoms with Crippen LogP contribution in [0, 0.1) is 5.92 Å². The molecule has 1 heterocycles. The van der Waals surface area contributed by atoms with Crippen molar-refractivity contribution in [2.45, 2.75) is 51.0 Å². The summed E-state index contributed by atoms with van der Waals surface area (Å²) in [4.78, 5) is 0. The molecule has 1 saturated carbocycles. The molecule has 0 aliphatic heterocycles. The van der Waals surface area contributed by atoms with Crippen molar-refractivity contribution in [1.29, 1.82) is 0 Å². The average molecular weight is 238 g/mol. The maximum atomic E-state index is 5.66. The molecule has 3 N–H and O–H groups in total. The first-order valence-corrected chi connectivity index (χ1v) is 7.30. The Labute approximate surface area is 102 Å². The summed E-state index contributed by atoms with van der Waals surface area (Å²) < 4.78 is 0. The fraction of sp³-hybridized carbons (Fsp3) is 0.692. The van der Waals surface area contributed by atoms with Gasteiger partial charge in [0.1, 0.15) is 0 Å². The van der Waals surface area contributed by atoms with Gasteiger partial charge >= 0.3 is 0 Å². The molecular formula is C13H22N2S. The lowest BCUT2D eigenvalue weighted by atomic mass is 9.84. The second-order valence-corrected chi connectivity index (χ2v) is 5.72. The van der Waals surface area contributed by atoms with Crippen molar-refractivity contribution < 1.29 is 0 Å². The van der Waals surface area contributed by atoms with Gasteiger partial charge in [-0.3, -0.25) is 11.3 Å². The maximum Gasteiger partial charge on any atom is 0.0253 e. The average Bonchev–Trinajstić information content (AvgIpc) is 2.82. The van der Waals surface area contributed by atoms with Crippen LogP contribution in [0.3, 0.4) is 0 Å². The van der Waals surface area contributed by atoms with Gasteiger partial charge in [0, 0.05) is 6.04 Å². The Hall–Kier alpha value is -0.380. The van der Waals surface area contributed by atoms with Gasteiger partial charge in [-0.2, -0.15) is 11.3 Å². The number of hydrogen-bond acceptors (Lipinski definition) is 3. The number of thiophene rings is 1. The van der Waals surface area contributed by atoms with Crippen LogP contribution in [0.2, 0.25) is 0 Å². The quantitative estimate of drug-likeness (QED) is 0.611. The molecular weight excluding hydrogens is 216 g/mol. The summed E-state index contributed by atoms with van der Waals surface area (Å²) in [5.74, 6) is 6.56. The zero-order valence-electron chi connectivity index (χ0n) is 9.82. The summed E-state index contributed by atoms with van der Waals surface area (Å²) in [6, 6.07) is 2.66. The molecule has 0 amide bonds. The van der Waals surface area contributed by atoms with Crippen LogP contribution in [0.5, 0.6) is 0 Å². The molecule has 1 atom stereocenters. The summed E-state index contributed by atoms with van der Waals surface area (Å²) in [7, 11) is 0. The van der Waals surface area contributed by atoms with Crippen LogP contribution in [-0.4, -0.2) is 6.04 Å². The van der Waals surface area contributed by atoms with Crippen LogP contribution in [-0.2, 0) is 6.42 Å². The third-order valence-electron chi connectivity index (χ3n) is 3.64. The van der Waals surface area contributed by atoms with E-state index in [2.05, 4.69) is 22.3 Å². The Morgan fingerprint density at radius 2 is 2.19 bits per heavy atom. The van der Waals surface area contributed by atoms with Gasteiger partial charge < -0.3 is 0 Å². The van der Waals surface area contributed by atoms with E-state index in [1.807, 2.05) is 0 Å². The first kappa shape index (κ1) is 12.1. The van der Waals surface area contributed by atoms with Crippen molar-refractivity contribution in [1.82, 2.24) is 5.43 Å². The smallest absolute Gasteiger partial charge is 0.0253 e. The lowest BCUT2D eigenvalue weighted by Crippen LogP contribution is -2.38. The van der Waals surface area contributed by atoms with E-state index in [4.69, 9.17) is 5.84 Å². The van der Waals surface area contributed by atoms with E-state index in [0.717, 1.165) is 12.3 Å². The highest BCUT2D eigenvalue weighted by Crippen LogP contribution is 2.28. The van der Waals surface area contributed by atoms with Crippen molar-refractivity contribution in [3.05, 3.63) is 22.4 Å². The van der Waals surface area contributed by atoms with Gasteiger partial charge in [-0.25, -0.2) is 0 Å². The second-order valence-electron chi connectivity index (χ2n) is 4.94. The lowest BCUT2D eigenvalue weighted by Gasteiger charge is -2.26. The maximum absolute atomic E-state index is 5.66. The molecule has 0 saturated heterocycles. The molecule has 1 aliphatic carbocycles. The van der Waals surface area contributed by atoms with Crippen molar-refractivity contribution >= 4 is 11.3 Å². The van der Waals surface area contributed by atoms with Gasteiger partial charge in [0.25, 0.3) is 0 Å². The Morgan fingerprint density at radius 3 is 2.81 bits per heavy atom. The molecule has 2 rings (SSSR count). The molecule has 0 bridgehead atoms. The number of rotatable bonds is 5. The third-order valence-corrected chi connectivity index (χ3v) is 4.37. The zero-order valence-corrected chi connectivity index (χ0v) is 10.6. The summed E-state index contributed by atoms with van der Waals surface area (Å²) >= 11 is 1.77. The van der Waals surface area contributed by atoms with Crippen molar-refractivity contribution in [2.24, 2.45) is 11.8 Å². The van der Waals surface area contributed by atoms with Crippen molar-refractivity contribution in [3.8, 4) is 0 Å². The van der Waals surface area contributed by atoms with Crippen molar-refractivity contribution in [2.75, 3.05) is 0 Å². The first-order valence-electron chi connectivity index (χ1n) is 6.35. The third kappa shape index (κ3) is 3.58. The fourth-order valence-corrected chi connectivity index (χ4v) is 3.41. The molecule has 90 valence electrons. The highest BCUT2D eigenvalue weighted by molar-refractivity contribution is 7.07. The number of nitrogens with two attached hydrogens (primary N) is 1. The fourth-order valence-electron chi connectivity index (χ4n) is 2.73. The predicted molar refractivity (Wildman–Crippen MR) is 70.3 cm³/mol. The van der Waals surface area contributed by atoms with Crippen LogP contribution in [0.1, 0.15) is 44.1 Å². The summed E-state index contributed by atoms with van der Waals surface area (Å²) in [6.45, 7) is 0. The largest absolute Gasteiger partial charge is 0.271 e. The van der Waals surface area contributed by atoms with Crippen LogP contribution in [0.4, 0.5) is 0 Å². The molecule has 1 aromatic heterocycles. The van der Waals surface area contributed by atoms with E-state index < -0.39 is 0 Å². The Kier molecular flexibility index (Phi) is 4.82. The molecule has 16 heavy (non-hydrogen) atoms. The molecule has 0 spiro atoms. The predicted octanol–water partition coefficient (Wildman–Crippen LogP) is 3.09. The summed E-state index contributed by atoms with van der Waals surface area (Å²) in [6.07, 6.45) is 9.40. The van der Waals surface area contributed by atoms with E-state index in [0.29, 0.717) is 6.04 Å². The number of nitrogens with one attached hydrogen (secondary N) is 1. The lowest BCUT2D eigenvalue weighted by molar-refractivity contribution is 0.298. The molecule has 2 nitrogen and oxygen atoms in total. The minimum Gasteiger partial charge on any atom is -0.271 e. The number of hydrazine groups is 1. The van der Waals surface area contributed by atoms with Crippen molar-refractivity contribution in [3.63, 3.8) is 0 Å². The molecule has 0 aromatic carbocycles. The van der Waals surface area contributed by atoms with E-state index in [1.165, 1.54) is 44.1 Å². The van der Waals surface area contributed by atoms with Gasteiger partial charge in [-0.05, 0) is 41.1 Å². The SMILES string of the molecule is NNC(Cc1ccsc1)CC1CCCCC1. The van der Waals surface area contributed by atoms with Gasteiger partial charge in [0.05, 0.1) is 0 Å². The second kappa shape index (κ2) is 6.38. The Morgan fingerprint density at radius 1 is 1.38 bits per heavy atom. The summed E-state index contributed by atoms with van der Waals surface area (Å²) in [5.41, 5.74) is 4.41. The molecule has 1 fully saturated rings. The standard InChI is InChI=1S/C13H22N2S/c14-15-13(9-12-6-7-16-10-12)8-11-4-2-1-3-5-11/h6-7,10-11,13,15H,1-5,8-9,14H2. The van der Waals surface area contributed by atoms with Gasteiger partial charge in [-0.1, -0.05) is 32.1 Å². The molecule has 1 aromatic rings. The molecule has 0 radical (unpaired) electrons. The topological polar surface area (TPSA) is 38.0 Å². The minimum absolute atomic E-state index is 0.456. The minimum atomic E-state index is 0.456. The monoisotopic (exact) mass is 238 g/mol. The summed E-state index contributed by atoms with van der Waals surface area (Å²) in [5, 5.41) is 4.37. The van der Waals surface area contributed by atoms with Crippen LogP contribution in [0.15, 0.2) is 16.8 Å². The van der Waals surface area contributed by atoms with E-state index in [-0.39, 0.29) is 0 Å². The highest BCUT2D eigenvalue weighted by Gasteiger charge is 2.18. The van der Waals surface area contributed by atoms with Crippen LogP contribution >= 0.6 is 11.3 Å². The Bertz CT molecular complexity index is 278. The van der Waals surface area contributed by atoms with E-state index >= 15 is 0 Å². The highest BCUT2D eigenvalue weighted by atomic mass is 32.1. The van der Waals surface area contributed by atoms with Gasteiger partial charge in [0.2, 0.25) is 0 Å². The van der Waals surface area contributed by atoms with Crippen LogP contribution in [0.25, 0.3) is 0 Å². The molecule has 1 aliphatic rings. The normalized spacial score (nSPS) is 19.8.